The number of carbonyl (C=O) groups is 2. The fourth-order valence-electron chi connectivity index (χ4n) is 4.14. The Morgan fingerprint density at radius 3 is 2.24 bits per heavy atom. The summed E-state index contributed by atoms with van der Waals surface area (Å²) in [6.45, 7) is 4.64. The van der Waals surface area contributed by atoms with E-state index in [0.717, 1.165) is 32.1 Å². The van der Waals surface area contributed by atoms with Crippen LogP contribution in [0.1, 0.15) is 52.4 Å². The molecular formula is C16H28N2O3. The average molecular weight is 296 g/mol. The third-order valence-electron chi connectivity index (χ3n) is 4.94. The Labute approximate surface area is 126 Å². The van der Waals surface area contributed by atoms with Gasteiger partial charge < -0.3 is 15.7 Å². The van der Waals surface area contributed by atoms with Crippen LogP contribution in [0.5, 0.6) is 0 Å². The lowest BCUT2D eigenvalue weighted by molar-refractivity contribution is -0.142. The van der Waals surface area contributed by atoms with Crippen molar-refractivity contribution >= 4 is 11.9 Å². The van der Waals surface area contributed by atoms with E-state index in [-0.39, 0.29) is 36.2 Å². The molecule has 0 aromatic heterocycles. The van der Waals surface area contributed by atoms with Crippen LogP contribution in [0.2, 0.25) is 0 Å². The van der Waals surface area contributed by atoms with Crippen molar-refractivity contribution in [2.45, 2.75) is 64.5 Å². The maximum atomic E-state index is 12.8. The molecule has 0 aromatic rings. The summed E-state index contributed by atoms with van der Waals surface area (Å²) < 4.78 is 0. The highest BCUT2D eigenvalue weighted by molar-refractivity contribution is 5.80. The van der Waals surface area contributed by atoms with Gasteiger partial charge in [0.2, 0.25) is 5.91 Å². The fraction of sp³-hybridized carbons (Fsp3) is 0.875. The summed E-state index contributed by atoms with van der Waals surface area (Å²) in [5.74, 6) is 0.0885. The number of hydrogen-bond donors (Lipinski definition) is 2. The Morgan fingerprint density at radius 1 is 1.24 bits per heavy atom. The van der Waals surface area contributed by atoms with Crippen LogP contribution in [0.15, 0.2) is 0 Å². The van der Waals surface area contributed by atoms with Gasteiger partial charge in [0.1, 0.15) is 0 Å². The normalized spacial score (nSPS) is 29.7. The predicted octanol–water partition coefficient (Wildman–Crippen LogP) is 1.85. The van der Waals surface area contributed by atoms with Gasteiger partial charge in [-0.15, -0.1) is 0 Å². The zero-order valence-electron chi connectivity index (χ0n) is 13.1. The highest BCUT2D eigenvalue weighted by Crippen LogP contribution is 2.40. The molecule has 3 atom stereocenters. The minimum Gasteiger partial charge on any atom is -0.481 e. The number of aliphatic carboxylic acids is 1. The molecule has 2 bridgehead atoms. The van der Waals surface area contributed by atoms with Crippen molar-refractivity contribution in [1.82, 2.24) is 4.90 Å². The minimum atomic E-state index is -0.723. The zero-order chi connectivity index (χ0) is 15.6. The highest BCUT2D eigenvalue weighted by atomic mass is 16.4. The Kier molecular flexibility index (Phi) is 5.25. The lowest BCUT2D eigenvalue weighted by atomic mass is 9.86. The maximum Gasteiger partial charge on any atom is 0.303 e. The molecule has 0 radical (unpaired) electrons. The monoisotopic (exact) mass is 296 g/mol. The highest BCUT2D eigenvalue weighted by Gasteiger charge is 2.44. The smallest absolute Gasteiger partial charge is 0.303 e. The summed E-state index contributed by atoms with van der Waals surface area (Å²) >= 11 is 0. The number of nitrogens with zero attached hydrogens (tertiary/aromatic N) is 1. The van der Waals surface area contributed by atoms with Gasteiger partial charge in [0.15, 0.2) is 0 Å². The number of carbonyl (C=O) groups excluding carboxylic acids is 1. The molecule has 0 aromatic carbocycles. The predicted molar refractivity (Wildman–Crippen MR) is 80.6 cm³/mol. The van der Waals surface area contributed by atoms with E-state index in [1.165, 1.54) is 0 Å². The SMILES string of the molecule is CC(C)CC(CN)C(=O)N1C2CCC1CC(CC(=O)O)C2. The van der Waals surface area contributed by atoms with Crippen LogP contribution in [-0.4, -0.2) is 40.5 Å². The molecule has 21 heavy (non-hydrogen) atoms. The summed E-state index contributed by atoms with van der Waals surface area (Å²) in [6.07, 6.45) is 4.79. The number of amides is 1. The first-order valence-corrected chi connectivity index (χ1v) is 8.16. The molecule has 2 fully saturated rings. The van der Waals surface area contributed by atoms with E-state index in [0.29, 0.717) is 12.5 Å². The molecule has 2 saturated heterocycles. The molecule has 2 heterocycles. The molecule has 2 aliphatic heterocycles. The van der Waals surface area contributed by atoms with Gasteiger partial charge in [-0.3, -0.25) is 9.59 Å². The Bertz CT molecular complexity index is 383. The second kappa shape index (κ2) is 6.77. The van der Waals surface area contributed by atoms with Crippen LogP contribution in [-0.2, 0) is 9.59 Å². The molecule has 120 valence electrons. The summed E-state index contributed by atoms with van der Waals surface area (Å²) in [5, 5.41) is 8.96. The fourth-order valence-corrected chi connectivity index (χ4v) is 4.14. The average Bonchev–Trinajstić information content (AvgIpc) is 2.66. The number of piperidine rings is 1. The van der Waals surface area contributed by atoms with E-state index in [1.54, 1.807) is 0 Å². The van der Waals surface area contributed by atoms with Crippen LogP contribution in [0.3, 0.4) is 0 Å². The van der Waals surface area contributed by atoms with Crippen molar-refractivity contribution in [3.05, 3.63) is 0 Å². The summed E-state index contributed by atoms with van der Waals surface area (Å²) in [5.41, 5.74) is 5.81. The van der Waals surface area contributed by atoms with E-state index in [2.05, 4.69) is 18.7 Å². The standard InChI is InChI=1S/C16H28N2O3/c1-10(2)5-12(9-17)16(21)18-13-3-4-14(18)7-11(6-13)8-15(19)20/h10-14H,3-9,17H2,1-2H3,(H,19,20). The van der Waals surface area contributed by atoms with E-state index < -0.39 is 5.97 Å². The first-order chi connectivity index (χ1) is 9.92. The number of rotatable bonds is 6. The van der Waals surface area contributed by atoms with Crippen molar-refractivity contribution in [3.63, 3.8) is 0 Å². The molecule has 5 heteroatoms. The third kappa shape index (κ3) is 3.76. The molecule has 0 spiro atoms. The van der Waals surface area contributed by atoms with Crippen molar-refractivity contribution in [2.75, 3.05) is 6.54 Å². The van der Waals surface area contributed by atoms with Gasteiger partial charge >= 0.3 is 5.97 Å². The van der Waals surface area contributed by atoms with Crippen molar-refractivity contribution in [1.29, 1.82) is 0 Å². The van der Waals surface area contributed by atoms with Crippen LogP contribution >= 0.6 is 0 Å². The molecule has 5 nitrogen and oxygen atoms in total. The molecule has 2 rings (SSSR count). The number of carboxylic acid groups (broad SMARTS) is 1. The molecule has 0 saturated carbocycles. The largest absolute Gasteiger partial charge is 0.481 e. The Morgan fingerprint density at radius 2 is 1.81 bits per heavy atom. The molecule has 3 N–H and O–H groups in total. The zero-order valence-corrected chi connectivity index (χ0v) is 13.1. The van der Waals surface area contributed by atoms with E-state index in [1.807, 2.05) is 0 Å². The van der Waals surface area contributed by atoms with Crippen LogP contribution in [0.25, 0.3) is 0 Å². The van der Waals surface area contributed by atoms with Gasteiger partial charge in [0.25, 0.3) is 0 Å². The summed E-state index contributed by atoms with van der Waals surface area (Å²) in [6, 6.07) is 0.476. The first-order valence-electron chi connectivity index (χ1n) is 8.16. The third-order valence-corrected chi connectivity index (χ3v) is 4.94. The second-order valence-electron chi connectivity index (χ2n) is 7.13. The van der Waals surface area contributed by atoms with Gasteiger partial charge in [0, 0.05) is 25.0 Å². The Hall–Kier alpha value is -1.10. The molecule has 0 aliphatic carbocycles. The van der Waals surface area contributed by atoms with Gasteiger partial charge in [-0.05, 0) is 43.9 Å². The molecule has 1 amide bonds. The molecule has 2 aliphatic rings. The van der Waals surface area contributed by atoms with Crippen LogP contribution < -0.4 is 5.73 Å². The minimum absolute atomic E-state index is 0.0795. The summed E-state index contributed by atoms with van der Waals surface area (Å²) in [4.78, 5) is 25.7. The first kappa shape index (κ1) is 16.3. The van der Waals surface area contributed by atoms with E-state index in [9.17, 15) is 9.59 Å². The molecule has 3 unspecified atom stereocenters. The lowest BCUT2D eigenvalue weighted by Gasteiger charge is -2.40. The van der Waals surface area contributed by atoms with Crippen LogP contribution in [0, 0.1) is 17.8 Å². The topological polar surface area (TPSA) is 83.6 Å². The van der Waals surface area contributed by atoms with Crippen molar-refractivity contribution in [3.8, 4) is 0 Å². The Balaban J connectivity index is 2.02. The van der Waals surface area contributed by atoms with Gasteiger partial charge in [-0.25, -0.2) is 0 Å². The number of nitrogens with two attached hydrogens (primary N) is 1. The van der Waals surface area contributed by atoms with Gasteiger partial charge in [-0.2, -0.15) is 0 Å². The van der Waals surface area contributed by atoms with Gasteiger partial charge in [0.05, 0.1) is 5.92 Å². The van der Waals surface area contributed by atoms with Crippen molar-refractivity contribution in [2.24, 2.45) is 23.5 Å². The summed E-state index contributed by atoms with van der Waals surface area (Å²) in [7, 11) is 0. The molecular weight excluding hydrogens is 268 g/mol. The van der Waals surface area contributed by atoms with Gasteiger partial charge in [-0.1, -0.05) is 13.8 Å². The van der Waals surface area contributed by atoms with Crippen LogP contribution in [0.4, 0.5) is 0 Å². The van der Waals surface area contributed by atoms with Crippen molar-refractivity contribution < 1.29 is 14.7 Å². The maximum absolute atomic E-state index is 12.8. The number of carboxylic acids is 1. The quantitative estimate of drug-likeness (QED) is 0.783. The number of fused-ring (bicyclic) bond motifs is 2. The van der Waals surface area contributed by atoms with E-state index in [4.69, 9.17) is 10.8 Å². The second-order valence-corrected chi connectivity index (χ2v) is 7.13. The lowest BCUT2D eigenvalue weighted by Crippen LogP contribution is -2.50. The van der Waals surface area contributed by atoms with E-state index >= 15 is 0 Å². The number of hydrogen-bond acceptors (Lipinski definition) is 3.